The van der Waals surface area contributed by atoms with E-state index in [0.29, 0.717) is 0 Å². The van der Waals surface area contributed by atoms with E-state index in [2.05, 4.69) is 22.4 Å². The van der Waals surface area contributed by atoms with Crippen molar-refractivity contribution < 1.29 is 0 Å². The summed E-state index contributed by atoms with van der Waals surface area (Å²) in [5.41, 5.74) is 0. The molecule has 0 amide bonds. The fraction of sp³-hybridized carbons (Fsp3) is 1.00. The van der Waals surface area contributed by atoms with Gasteiger partial charge in [-0.1, -0.05) is 0 Å². The van der Waals surface area contributed by atoms with Crippen LogP contribution in [0, 0.1) is 0 Å². The van der Waals surface area contributed by atoms with Crippen molar-refractivity contribution in [3.05, 3.63) is 0 Å². The standard InChI is InChI=1S/CH6NP3/c1-2-5(3)4/h2H,3H2,1H3. The zero-order valence-corrected chi connectivity index (χ0v) is 5.92. The maximum absolute atomic E-state index is 4.01. The third kappa shape index (κ3) is 5.12. The summed E-state index contributed by atoms with van der Waals surface area (Å²) in [6.45, 7) is -0.237. The van der Waals surface area contributed by atoms with E-state index in [9.17, 15) is 0 Å². The first-order chi connectivity index (χ1) is 2.27. The van der Waals surface area contributed by atoms with Crippen molar-refractivity contribution in [1.82, 2.24) is 5.09 Å². The van der Waals surface area contributed by atoms with Crippen LogP contribution >= 0.6 is 24.1 Å². The first-order valence-electron chi connectivity index (χ1n) is 1.18. The van der Waals surface area contributed by atoms with E-state index in [1.165, 1.54) is 0 Å². The first kappa shape index (κ1) is 6.12. The Kier molecular flexibility index (Phi) is 4.06. The fourth-order valence-corrected chi connectivity index (χ4v) is 0. The second-order valence-electron chi connectivity index (χ2n) is 0.568. The van der Waals surface area contributed by atoms with Crippen LogP contribution in [-0.2, 0) is 0 Å². The molecule has 0 saturated carbocycles. The molecule has 30 valence electrons. The summed E-state index contributed by atoms with van der Waals surface area (Å²) in [6.07, 6.45) is 0. The van der Waals surface area contributed by atoms with E-state index >= 15 is 0 Å². The molecule has 0 spiro atoms. The van der Waals surface area contributed by atoms with Crippen molar-refractivity contribution in [3.63, 3.8) is 0 Å². The zero-order chi connectivity index (χ0) is 4.28. The minimum atomic E-state index is -0.237. The molecule has 0 aromatic rings. The van der Waals surface area contributed by atoms with Gasteiger partial charge in [-0.15, -0.1) is 0 Å². The van der Waals surface area contributed by atoms with Gasteiger partial charge in [-0.2, -0.15) is 0 Å². The van der Waals surface area contributed by atoms with Crippen LogP contribution in [0.2, 0.25) is 0 Å². The van der Waals surface area contributed by atoms with Crippen molar-refractivity contribution in [2.45, 2.75) is 0 Å². The molecular formula is CH6NP3. The van der Waals surface area contributed by atoms with Gasteiger partial charge < -0.3 is 0 Å². The molecule has 1 N–H and O–H groups in total. The van der Waals surface area contributed by atoms with Gasteiger partial charge >= 0.3 is 36.3 Å². The molecule has 1 nitrogen and oxygen atoms in total. The summed E-state index contributed by atoms with van der Waals surface area (Å²) in [5, 5.41) is 2.92. The molecule has 0 aliphatic carbocycles. The maximum atomic E-state index is 4.01. The van der Waals surface area contributed by atoms with Gasteiger partial charge in [0, 0.05) is 0 Å². The average Bonchev–Trinajstić information content (AvgIpc) is 1.38. The Morgan fingerprint density at radius 2 is 2.20 bits per heavy atom. The second-order valence-corrected chi connectivity index (χ2v) is 5.85. The topological polar surface area (TPSA) is 12.0 Å². The van der Waals surface area contributed by atoms with Crippen LogP contribution < -0.4 is 5.09 Å². The van der Waals surface area contributed by atoms with Gasteiger partial charge in [0.1, 0.15) is 0 Å². The summed E-state index contributed by atoms with van der Waals surface area (Å²) in [4.78, 5) is 0. The third-order valence-corrected chi connectivity index (χ3v) is 2.06. The molecule has 2 unspecified atom stereocenters. The van der Waals surface area contributed by atoms with E-state index in [0.717, 1.165) is 0 Å². The van der Waals surface area contributed by atoms with Gasteiger partial charge in [0.2, 0.25) is 0 Å². The molecule has 0 aromatic carbocycles. The summed E-state index contributed by atoms with van der Waals surface area (Å²) in [7, 11) is 8.45. The summed E-state index contributed by atoms with van der Waals surface area (Å²) in [5.74, 6) is 0. The van der Waals surface area contributed by atoms with Crippen LogP contribution in [0.5, 0.6) is 0 Å². The molecule has 0 heterocycles. The zero-order valence-electron chi connectivity index (χ0n) is 2.97. The molecule has 0 aromatic heterocycles. The number of nitrogens with one attached hydrogen (secondary N) is 1. The van der Waals surface area contributed by atoms with Crippen LogP contribution in [0.25, 0.3) is 0 Å². The molecule has 0 rings (SSSR count). The van der Waals surface area contributed by atoms with Crippen molar-refractivity contribution in [1.29, 1.82) is 0 Å². The number of hydrogen-bond acceptors (Lipinski definition) is 1. The summed E-state index contributed by atoms with van der Waals surface area (Å²) in [6, 6.07) is 0. The van der Waals surface area contributed by atoms with Gasteiger partial charge in [0.15, 0.2) is 0 Å². The van der Waals surface area contributed by atoms with Crippen molar-refractivity contribution in [2.24, 2.45) is 0 Å². The Labute approximate surface area is 37.1 Å². The predicted octanol–water partition coefficient (Wildman–Crippen LogP) is 1.72. The molecular weight excluding hydrogens is 119 g/mol. The Hall–Kier alpha value is 1.12. The molecule has 0 bridgehead atoms. The minimum absolute atomic E-state index is 0.237. The van der Waals surface area contributed by atoms with Gasteiger partial charge in [0.25, 0.3) is 0 Å². The Morgan fingerprint density at radius 3 is 2.20 bits per heavy atom. The molecule has 0 radical (unpaired) electrons. The van der Waals surface area contributed by atoms with Gasteiger partial charge in [-0.05, 0) is 0 Å². The Balaban J connectivity index is 2.97. The van der Waals surface area contributed by atoms with E-state index in [-0.39, 0.29) is 6.86 Å². The van der Waals surface area contributed by atoms with E-state index in [1.807, 2.05) is 7.05 Å². The molecule has 5 heavy (non-hydrogen) atoms. The van der Waals surface area contributed by atoms with Gasteiger partial charge in [0.05, 0.1) is 0 Å². The van der Waals surface area contributed by atoms with Crippen LogP contribution in [0.3, 0.4) is 0 Å². The van der Waals surface area contributed by atoms with E-state index in [1.54, 1.807) is 0 Å². The van der Waals surface area contributed by atoms with E-state index < -0.39 is 0 Å². The van der Waals surface area contributed by atoms with Gasteiger partial charge in [-0.3, -0.25) is 0 Å². The van der Waals surface area contributed by atoms with Gasteiger partial charge in [-0.25, -0.2) is 0 Å². The molecule has 0 saturated heterocycles. The number of rotatable bonds is 0. The van der Waals surface area contributed by atoms with Crippen LogP contribution in [0.4, 0.5) is 0 Å². The van der Waals surface area contributed by atoms with E-state index in [4.69, 9.17) is 0 Å². The molecule has 4 heteroatoms. The van der Waals surface area contributed by atoms with Crippen molar-refractivity contribution >= 4 is 24.1 Å². The fourth-order valence-electron chi connectivity index (χ4n) is 0. The number of hydrogen-bond donors (Lipinski definition) is 1. The second kappa shape index (κ2) is 3.32. The predicted molar refractivity (Wildman–Crippen MR) is 32.6 cm³/mol. The normalized spacial score (nSPS) is 11.0. The Morgan fingerprint density at radius 1 is 2.00 bits per heavy atom. The monoisotopic (exact) mass is 125 g/mol. The molecule has 0 aliphatic heterocycles. The molecule has 0 fully saturated rings. The molecule has 0 aliphatic rings. The van der Waals surface area contributed by atoms with Crippen molar-refractivity contribution in [3.8, 4) is 0 Å². The van der Waals surface area contributed by atoms with Crippen molar-refractivity contribution in [2.75, 3.05) is 7.05 Å². The SMILES string of the molecule is CNP(#P)P. The quantitative estimate of drug-likeness (QED) is 0.486. The molecule has 2 atom stereocenters. The van der Waals surface area contributed by atoms with Crippen LogP contribution in [-0.4, -0.2) is 7.05 Å². The van der Waals surface area contributed by atoms with Crippen LogP contribution in [0.1, 0.15) is 0 Å². The summed E-state index contributed by atoms with van der Waals surface area (Å²) < 4.78 is 0. The average molecular weight is 125 g/mol. The Bertz CT molecular complexity index is 68.7. The third-order valence-electron chi connectivity index (χ3n) is 0.229. The summed E-state index contributed by atoms with van der Waals surface area (Å²) >= 11 is 0. The first-order valence-corrected chi connectivity index (χ1v) is 5.29. The van der Waals surface area contributed by atoms with Crippen LogP contribution in [0.15, 0.2) is 0 Å².